The summed E-state index contributed by atoms with van der Waals surface area (Å²) in [5, 5.41) is 15.8. The van der Waals surface area contributed by atoms with Gasteiger partial charge in [-0.1, -0.05) is 48.9 Å². The maximum atomic E-state index is 6.30. The molecule has 8 heteroatoms. The summed E-state index contributed by atoms with van der Waals surface area (Å²) in [6, 6.07) is 7.59. The molecule has 5 nitrogen and oxygen atoms in total. The van der Waals surface area contributed by atoms with E-state index < -0.39 is 0 Å². The van der Waals surface area contributed by atoms with Crippen molar-refractivity contribution < 1.29 is 0 Å². The average Bonchev–Trinajstić information content (AvgIpc) is 3.21. The van der Waals surface area contributed by atoms with Crippen molar-refractivity contribution in [2.75, 3.05) is 0 Å². The first kappa shape index (κ1) is 15.7. The van der Waals surface area contributed by atoms with Crippen LogP contribution >= 0.6 is 34.3 Å². The van der Waals surface area contributed by atoms with Gasteiger partial charge in [-0.05, 0) is 25.0 Å². The van der Waals surface area contributed by atoms with Crippen LogP contribution in [-0.2, 0) is 0 Å². The van der Waals surface area contributed by atoms with Crippen molar-refractivity contribution in [2.45, 2.75) is 26.7 Å². The van der Waals surface area contributed by atoms with Gasteiger partial charge in [0, 0.05) is 5.56 Å². The first-order valence-corrected chi connectivity index (χ1v) is 9.50. The Morgan fingerprint density at radius 3 is 2.67 bits per heavy atom. The van der Waals surface area contributed by atoms with Crippen LogP contribution in [0.4, 0.5) is 0 Å². The molecule has 0 spiro atoms. The Morgan fingerprint density at radius 1 is 1.12 bits per heavy atom. The van der Waals surface area contributed by atoms with E-state index in [2.05, 4.69) is 29.0 Å². The fraction of sp³-hybridized carbons (Fsp3) is 0.250. The van der Waals surface area contributed by atoms with Crippen LogP contribution in [0.2, 0.25) is 5.02 Å². The molecule has 0 saturated carbocycles. The predicted octanol–water partition coefficient (Wildman–Crippen LogP) is 5.06. The van der Waals surface area contributed by atoms with E-state index in [1.807, 2.05) is 31.2 Å². The molecule has 24 heavy (non-hydrogen) atoms. The zero-order valence-electron chi connectivity index (χ0n) is 13.3. The number of thiazole rings is 1. The van der Waals surface area contributed by atoms with Crippen LogP contribution in [0.3, 0.4) is 0 Å². The number of nitrogens with zero attached hydrogens (tertiary/aromatic N) is 5. The molecular weight excluding hydrogens is 362 g/mol. The van der Waals surface area contributed by atoms with Crippen molar-refractivity contribution >= 4 is 39.2 Å². The lowest BCUT2D eigenvalue weighted by Crippen LogP contribution is -1.93. The second-order valence-electron chi connectivity index (χ2n) is 5.71. The average molecular weight is 376 g/mol. The van der Waals surface area contributed by atoms with Gasteiger partial charge in [0.15, 0.2) is 10.8 Å². The highest BCUT2D eigenvalue weighted by atomic mass is 35.5. The van der Waals surface area contributed by atoms with Crippen molar-refractivity contribution in [1.29, 1.82) is 0 Å². The number of hydrogen-bond donors (Lipinski definition) is 0. The summed E-state index contributed by atoms with van der Waals surface area (Å²) in [6.07, 6.45) is 0. The molecule has 3 heterocycles. The highest BCUT2D eigenvalue weighted by Crippen LogP contribution is 2.37. The van der Waals surface area contributed by atoms with Crippen molar-refractivity contribution in [3.05, 3.63) is 40.0 Å². The van der Waals surface area contributed by atoms with Crippen LogP contribution in [0.25, 0.3) is 26.2 Å². The Balaban J connectivity index is 1.88. The normalized spacial score (nSPS) is 11.7. The number of aryl methyl sites for hydroxylation is 1. The molecule has 0 aliphatic rings. The molecule has 0 bridgehead atoms. The van der Waals surface area contributed by atoms with E-state index in [1.165, 1.54) is 11.3 Å². The van der Waals surface area contributed by atoms with Gasteiger partial charge in [0.1, 0.15) is 0 Å². The smallest absolute Gasteiger partial charge is 0.235 e. The third-order valence-corrected chi connectivity index (χ3v) is 5.98. The molecule has 3 aromatic heterocycles. The molecule has 0 radical (unpaired) electrons. The first-order valence-electron chi connectivity index (χ1n) is 7.49. The second-order valence-corrected chi connectivity index (χ2v) is 8.27. The van der Waals surface area contributed by atoms with Crippen LogP contribution in [0, 0.1) is 6.92 Å². The maximum Gasteiger partial charge on any atom is 0.235 e. The second kappa shape index (κ2) is 5.91. The third-order valence-electron chi connectivity index (χ3n) is 3.61. The summed E-state index contributed by atoms with van der Waals surface area (Å²) < 4.78 is 1.76. The minimum atomic E-state index is 0.349. The van der Waals surface area contributed by atoms with Crippen molar-refractivity contribution in [3.8, 4) is 21.3 Å². The fourth-order valence-corrected chi connectivity index (χ4v) is 4.72. The van der Waals surface area contributed by atoms with E-state index in [0.717, 1.165) is 31.1 Å². The number of fused-ring (bicyclic) bond motifs is 1. The molecule has 0 saturated heterocycles. The van der Waals surface area contributed by atoms with Crippen LogP contribution < -0.4 is 0 Å². The van der Waals surface area contributed by atoms with Crippen LogP contribution in [-0.4, -0.2) is 24.8 Å². The van der Waals surface area contributed by atoms with E-state index >= 15 is 0 Å². The quantitative estimate of drug-likeness (QED) is 0.502. The zero-order chi connectivity index (χ0) is 16.8. The molecule has 0 aliphatic heterocycles. The van der Waals surface area contributed by atoms with Crippen LogP contribution in [0.1, 0.15) is 30.5 Å². The number of aromatic nitrogens is 5. The Morgan fingerprint density at radius 2 is 1.92 bits per heavy atom. The molecule has 0 unspecified atom stereocenters. The van der Waals surface area contributed by atoms with Crippen LogP contribution in [0.15, 0.2) is 24.3 Å². The molecule has 4 aromatic rings. The SMILES string of the molecule is Cc1nc(C(C)C)c(-c2nn3c(-c4ccccc4Cl)nnc3s2)s1. The van der Waals surface area contributed by atoms with E-state index in [1.54, 1.807) is 15.9 Å². The summed E-state index contributed by atoms with van der Waals surface area (Å²) in [7, 11) is 0. The summed E-state index contributed by atoms with van der Waals surface area (Å²) in [5.41, 5.74) is 1.91. The minimum Gasteiger partial charge on any atom is -0.246 e. The molecule has 122 valence electrons. The van der Waals surface area contributed by atoms with Gasteiger partial charge < -0.3 is 0 Å². The zero-order valence-corrected chi connectivity index (χ0v) is 15.7. The molecule has 4 rings (SSSR count). The Hall–Kier alpha value is -1.83. The van der Waals surface area contributed by atoms with Crippen molar-refractivity contribution in [2.24, 2.45) is 0 Å². The highest BCUT2D eigenvalue weighted by molar-refractivity contribution is 7.24. The van der Waals surface area contributed by atoms with Gasteiger partial charge in [-0.15, -0.1) is 21.5 Å². The number of benzene rings is 1. The topological polar surface area (TPSA) is 56.0 Å². The minimum absolute atomic E-state index is 0.349. The number of halogens is 1. The predicted molar refractivity (Wildman–Crippen MR) is 99.0 cm³/mol. The molecule has 0 aliphatic carbocycles. The molecular formula is C16H14ClN5S2. The lowest BCUT2D eigenvalue weighted by Gasteiger charge is -2.02. The summed E-state index contributed by atoms with van der Waals surface area (Å²) in [5.74, 6) is 1.01. The van der Waals surface area contributed by atoms with Gasteiger partial charge in [-0.25, -0.2) is 4.98 Å². The van der Waals surface area contributed by atoms with Gasteiger partial charge in [0.25, 0.3) is 0 Å². The van der Waals surface area contributed by atoms with Gasteiger partial charge in [0.2, 0.25) is 4.96 Å². The standard InChI is InChI=1S/C16H14ClN5S2/c1-8(2)12-13(23-9(3)18-12)15-21-22-14(19-20-16(22)24-15)10-6-4-5-7-11(10)17/h4-8H,1-3H3. The highest BCUT2D eigenvalue weighted by Gasteiger charge is 2.21. The number of rotatable bonds is 3. The summed E-state index contributed by atoms with van der Waals surface area (Å²) in [4.78, 5) is 6.52. The summed E-state index contributed by atoms with van der Waals surface area (Å²) >= 11 is 9.49. The lowest BCUT2D eigenvalue weighted by molar-refractivity contribution is 0.829. The van der Waals surface area contributed by atoms with Gasteiger partial charge in [-0.3, -0.25) is 0 Å². The maximum absolute atomic E-state index is 6.30. The van der Waals surface area contributed by atoms with Gasteiger partial charge in [0.05, 0.1) is 20.6 Å². The van der Waals surface area contributed by atoms with Crippen molar-refractivity contribution in [1.82, 2.24) is 24.8 Å². The Labute approximate surface area is 152 Å². The van der Waals surface area contributed by atoms with E-state index in [0.29, 0.717) is 16.8 Å². The van der Waals surface area contributed by atoms with Gasteiger partial charge >= 0.3 is 0 Å². The lowest BCUT2D eigenvalue weighted by atomic mass is 10.1. The summed E-state index contributed by atoms with van der Waals surface area (Å²) in [6.45, 7) is 6.32. The van der Waals surface area contributed by atoms with Crippen molar-refractivity contribution in [3.63, 3.8) is 0 Å². The third kappa shape index (κ3) is 2.53. The number of hydrogen-bond acceptors (Lipinski definition) is 6. The molecule has 1 aromatic carbocycles. The largest absolute Gasteiger partial charge is 0.246 e. The first-order chi connectivity index (χ1) is 11.5. The molecule has 0 N–H and O–H groups in total. The Bertz CT molecular complexity index is 1030. The molecule has 0 amide bonds. The molecule has 0 atom stereocenters. The van der Waals surface area contributed by atoms with E-state index in [-0.39, 0.29) is 0 Å². The fourth-order valence-electron chi connectivity index (χ4n) is 2.51. The van der Waals surface area contributed by atoms with E-state index in [9.17, 15) is 0 Å². The monoisotopic (exact) mass is 375 g/mol. The molecule has 0 fully saturated rings. The van der Waals surface area contributed by atoms with E-state index in [4.69, 9.17) is 16.7 Å². The van der Waals surface area contributed by atoms with Crippen LogP contribution in [0.5, 0.6) is 0 Å². The van der Waals surface area contributed by atoms with Gasteiger partial charge in [-0.2, -0.15) is 9.61 Å². The Kier molecular flexibility index (Phi) is 3.86.